The first-order chi connectivity index (χ1) is 18.2. The fourth-order valence-electron chi connectivity index (χ4n) is 4.37. The number of hydrogen-bond acceptors (Lipinski definition) is 6. The second-order valence-electron chi connectivity index (χ2n) is 9.83. The number of aliphatic hydroxyl groups excluding tert-OH is 1. The SMILES string of the molecule is CC(C)Oc1ccc(/C(O)=C2\C(=O)C(=O)N(CCN(C)C)C2c2ccc(OCc3ccccc3)cc2)cc1. The maximum Gasteiger partial charge on any atom is 0.295 e. The van der Waals surface area contributed by atoms with Crippen molar-refractivity contribution < 1.29 is 24.2 Å². The fourth-order valence-corrected chi connectivity index (χ4v) is 4.37. The first kappa shape index (κ1) is 26.9. The van der Waals surface area contributed by atoms with Crippen molar-refractivity contribution in [2.45, 2.75) is 32.6 Å². The van der Waals surface area contributed by atoms with E-state index >= 15 is 0 Å². The number of likely N-dealkylation sites (tertiary alicyclic amines) is 1. The number of carbonyl (C=O) groups is 2. The molecule has 1 heterocycles. The number of nitrogens with zero attached hydrogens (tertiary/aromatic N) is 2. The van der Waals surface area contributed by atoms with Crippen LogP contribution in [0.3, 0.4) is 0 Å². The van der Waals surface area contributed by atoms with Crippen molar-refractivity contribution in [2.24, 2.45) is 0 Å². The molecule has 4 rings (SSSR count). The third kappa shape index (κ3) is 6.23. The Hall–Kier alpha value is -4.10. The lowest BCUT2D eigenvalue weighted by molar-refractivity contribution is -0.140. The summed E-state index contributed by atoms with van der Waals surface area (Å²) in [5.74, 6) is -0.198. The van der Waals surface area contributed by atoms with Gasteiger partial charge in [-0.15, -0.1) is 0 Å². The molecule has 38 heavy (non-hydrogen) atoms. The van der Waals surface area contributed by atoms with Gasteiger partial charge in [-0.2, -0.15) is 0 Å². The van der Waals surface area contributed by atoms with E-state index in [2.05, 4.69) is 0 Å². The highest BCUT2D eigenvalue weighted by Crippen LogP contribution is 2.40. The monoisotopic (exact) mass is 514 g/mol. The molecule has 3 aromatic carbocycles. The molecule has 1 aliphatic rings. The van der Waals surface area contributed by atoms with Crippen molar-refractivity contribution in [2.75, 3.05) is 27.2 Å². The molecule has 7 heteroatoms. The van der Waals surface area contributed by atoms with Gasteiger partial charge >= 0.3 is 0 Å². The highest BCUT2D eigenvalue weighted by atomic mass is 16.5. The van der Waals surface area contributed by atoms with Gasteiger partial charge in [-0.1, -0.05) is 42.5 Å². The van der Waals surface area contributed by atoms with E-state index in [1.165, 1.54) is 4.90 Å². The molecule has 0 saturated carbocycles. The van der Waals surface area contributed by atoms with Crippen molar-refractivity contribution >= 4 is 17.4 Å². The zero-order valence-electron chi connectivity index (χ0n) is 22.3. The summed E-state index contributed by atoms with van der Waals surface area (Å²) in [7, 11) is 3.82. The van der Waals surface area contributed by atoms with Gasteiger partial charge in [-0.3, -0.25) is 9.59 Å². The van der Waals surface area contributed by atoms with E-state index in [1.807, 2.05) is 87.4 Å². The van der Waals surface area contributed by atoms with Crippen LogP contribution in [-0.2, 0) is 16.2 Å². The van der Waals surface area contributed by atoms with Gasteiger partial charge in [-0.25, -0.2) is 0 Å². The molecule has 0 aliphatic carbocycles. The van der Waals surface area contributed by atoms with Gasteiger partial charge in [0.15, 0.2) is 0 Å². The van der Waals surface area contributed by atoms with Crippen molar-refractivity contribution in [1.82, 2.24) is 9.80 Å². The number of ether oxygens (including phenoxy) is 2. The number of hydrogen-bond donors (Lipinski definition) is 1. The predicted octanol–water partition coefficient (Wildman–Crippen LogP) is 5.04. The third-order valence-corrected chi connectivity index (χ3v) is 6.27. The second-order valence-corrected chi connectivity index (χ2v) is 9.83. The number of benzene rings is 3. The lowest BCUT2D eigenvalue weighted by Crippen LogP contribution is -2.35. The Morgan fingerprint density at radius 1 is 0.921 bits per heavy atom. The molecular formula is C31H34N2O5. The Morgan fingerprint density at radius 3 is 2.16 bits per heavy atom. The van der Waals surface area contributed by atoms with Crippen molar-refractivity contribution in [1.29, 1.82) is 0 Å². The summed E-state index contributed by atoms with van der Waals surface area (Å²) in [6.07, 6.45) is 0.0103. The van der Waals surface area contributed by atoms with E-state index in [0.29, 0.717) is 36.8 Å². The standard InChI is InChI=1S/C31H34N2O5/c1-21(2)38-26-16-12-24(13-17-26)29(34)27-28(33(19-18-32(3)4)31(36)30(27)35)23-10-14-25(15-11-23)37-20-22-8-6-5-7-9-22/h5-17,21,28,34H,18-20H2,1-4H3/b29-27+. The number of amides is 1. The number of ketones is 1. The summed E-state index contributed by atoms with van der Waals surface area (Å²) in [5, 5.41) is 11.3. The van der Waals surface area contributed by atoms with Crippen LogP contribution in [0.4, 0.5) is 0 Å². The summed E-state index contributed by atoms with van der Waals surface area (Å²) in [5.41, 5.74) is 2.29. The van der Waals surface area contributed by atoms with E-state index in [9.17, 15) is 14.7 Å². The number of rotatable bonds is 10. The minimum atomic E-state index is -0.718. The summed E-state index contributed by atoms with van der Waals surface area (Å²) < 4.78 is 11.6. The quantitative estimate of drug-likeness (QED) is 0.232. The molecule has 198 valence electrons. The Kier molecular flexibility index (Phi) is 8.48. The third-order valence-electron chi connectivity index (χ3n) is 6.27. The molecule has 1 fully saturated rings. The maximum atomic E-state index is 13.2. The van der Waals surface area contributed by atoms with E-state index in [0.717, 1.165) is 11.1 Å². The Balaban J connectivity index is 1.66. The average Bonchev–Trinajstić information content (AvgIpc) is 3.16. The molecule has 7 nitrogen and oxygen atoms in total. The lowest BCUT2D eigenvalue weighted by Gasteiger charge is -2.26. The van der Waals surface area contributed by atoms with Gasteiger partial charge < -0.3 is 24.4 Å². The molecule has 0 radical (unpaired) electrons. The zero-order valence-corrected chi connectivity index (χ0v) is 22.3. The van der Waals surface area contributed by atoms with E-state index < -0.39 is 17.7 Å². The van der Waals surface area contributed by atoms with Gasteiger partial charge in [0.05, 0.1) is 17.7 Å². The predicted molar refractivity (Wildman–Crippen MR) is 147 cm³/mol. The molecular weight excluding hydrogens is 480 g/mol. The highest BCUT2D eigenvalue weighted by Gasteiger charge is 2.45. The molecule has 1 unspecified atom stereocenters. The second kappa shape index (κ2) is 12.0. The van der Waals surface area contributed by atoms with Gasteiger partial charge in [0, 0.05) is 18.7 Å². The summed E-state index contributed by atoms with van der Waals surface area (Å²) in [6, 6.07) is 23.3. The van der Waals surface area contributed by atoms with Gasteiger partial charge in [-0.05, 0) is 75.5 Å². The first-order valence-corrected chi connectivity index (χ1v) is 12.7. The topological polar surface area (TPSA) is 79.3 Å². The molecule has 1 aliphatic heterocycles. The van der Waals surface area contributed by atoms with Crippen LogP contribution in [0, 0.1) is 0 Å². The molecule has 3 aromatic rings. The molecule has 0 bridgehead atoms. The van der Waals surface area contributed by atoms with Crippen LogP contribution in [0.1, 0.15) is 36.6 Å². The summed E-state index contributed by atoms with van der Waals surface area (Å²) in [4.78, 5) is 29.8. The Labute approximate surface area is 223 Å². The lowest BCUT2D eigenvalue weighted by atomic mass is 9.95. The zero-order chi connectivity index (χ0) is 27.2. The van der Waals surface area contributed by atoms with E-state index in [1.54, 1.807) is 24.3 Å². The van der Waals surface area contributed by atoms with Crippen LogP contribution in [0.25, 0.3) is 5.76 Å². The van der Waals surface area contributed by atoms with Crippen LogP contribution in [0.15, 0.2) is 84.4 Å². The minimum absolute atomic E-state index is 0.0103. The largest absolute Gasteiger partial charge is 0.507 e. The van der Waals surface area contributed by atoms with Gasteiger partial charge in [0.2, 0.25) is 0 Å². The smallest absolute Gasteiger partial charge is 0.295 e. The molecule has 1 N–H and O–H groups in total. The van der Waals surface area contributed by atoms with Gasteiger partial charge in [0.25, 0.3) is 11.7 Å². The number of carbonyl (C=O) groups excluding carboxylic acids is 2. The van der Waals surface area contributed by atoms with Crippen LogP contribution >= 0.6 is 0 Å². The minimum Gasteiger partial charge on any atom is -0.507 e. The van der Waals surface area contributed by atoms with Crippen LogP contribution in [0.2, 0.25) is 0 Å². The fraction of sp³-hybridized carbons (Fsp3) is 0.290. The average molecular weight is 515 g/mol. The van der Waals surface area contributed by atoms with Gasteiger partial charge in [0.1, 0.15) is 23.9 Å². The maximum absolute atomic E-state index is 13.2. The van der Waals surface area contributed by atoms with Crippen LogP contribution in [-0.4, -0.2) is 59.9 Å². The normalized spacial score (nSPS) is 16.9. The molecule has 0 aromatic heterocycles. The highest BCUT2D eigenvalue weighted by molar-refractivity contribution is 6.46. The summed E-state index contributed by atoms with van der Waals surface area (Å²) in [6.45, 7) is 5.20. The van der Waals surface area contributed by atoms with Crippen LogP contribution in [0.5, 0.6) is 11.5 Å². The number of likely N-dealkylation sites (N-methyl/N-ethyl adjacent to an activating group) is 1. The summed E-state index contributed by atoms with van der Waals surface area (Å²) >= 11 is 0. The van der Waals surface area contributed by atoms with Crippen molar-refractivity contribution in [3.63, 3.8) is 0 Å². The van der Waals surface area contributed by atoms with Crippen molar-refractivity contribution in [3.05, 3.63) is 101 Å². The van der Waals surface area contributed by atoms with Crippen LogP contribution < -0.4 is 9.47 Å². The molecule has 1 atom stereocenters. The molecule has 0 spiro atoms. The number of aliphatic hydroxyl groups is 1. The molecule has 1 saturated heterocycles. The van der Waals surface area contributed by atoms with E-state index in [-0.39, 0.29) is 17.4 Å². The molecule has 1 amide bonds. The Bertz CT molecular complexity index is 1280. The number of Topliss-reactive ketones (excluding diaryl/α,β-unsaturated/α-hetero) is 1. The first-order valence-electron chi connectivity index (χ1n) is 12.7. The Morgan fingerprint density at radius 2 is 1.55 bits per heavy atom. The van der Waals surface area contributed by atoms with E-state index in [4.69, 9.17) is 9.47 Å². The van der Waals surface area contributed by atoms with Crippen molar-refractivity contribution in [3.8, 4) is 11.5 Å².